The topological polar surface area (TPSA) is 116 Å². The fourth-order valence-electron chi connectivity index (χ4n) is 6.93. The van der Waals surface area contributed by atoms with E-state index in [1.54, 1.807) is 6.20 Å². The molecule has 9 nitrogen and oxygen atoms in total. The van der Waals surface area contributed by atoms with Crippen molar-refractivity contribution in [2.75, 3.05) is 29.9 Å². The van der Waals surface area contributed by atoms with Crippen LogP contribution in [-0.2, 0) is 4.79 Å². The highest BCUT2D eigenvalue weighted by atomic mass is 16.2. The zero-order valence-corrected chi connectivity index (χ0v) is 23.6. The summed E-state index contributed by atoms with van der Waals surface area (Å²) in [6.07, 6.45) is 13.4. The number of primary amides is 1. The standard InChI is InChI=1S/C31H43N7O2/c1-20-26(35-31(40)23-8-9-23)7-4-16-38(20)27-19-33-28(29(32)39)30(36-27)34-24-12-10-21(11-13-24)22-14-17-37(18-15-22)25-5-2-3-6-25/h10-13,19-20,22-23,25-26H,2-9,14-18H2,1H3,(H2,32,39)(H,34,36)(H,35,40)/t20?,26-/m1/s1. The van der Waals surface area contributed by atoms with Gasteiger partial charge < -0.3 is 26.2 Å². The molecule has 1 unspecified atom stereocenters. The number of aromatic nitrogens is 2. The smallest absolute Gasteiger partial charge is 0.271 e. The number of hydrogen-bond acceptors (Lipinski definition) is 7. The van der Waals surface area contributed by atoms with Crippen molar-refractivity contribution in [3.63, 3.8) is 0 Å². The number of nitrogens with zero attached hydrogens (tertiary/aromatic N) is 4. The Kier molecular flexibility index (Phi) is 7.91. The van der Waals surface area contributed by atoms with Crippen molar-refractivity contribution in [3.05, 3.63) is 41.7 Å². The molecule has 4 N–H and O–H groups in total. The molecule has 1 aromatic heterocycles. The van der Waals surface area contributed by atoms with Crippen LogP contribution in [0.15, 0.2) is 30.5 Å². The lowest BCUT2D eigenvalue weighted by atomic mass is 9.88. The molecule has 0 bridgehead atoms. The van der Waals surface area contributed by atoms with E-state index in [1.807, 2.05) is 0 Å². The highest BCUT2D eigenvalue weighted by molar-refractivity contribution is 5.96. The zero-order valence-electron chi connectivity index (χ0n) is 23.6. The molecule has 1 aromatic carbocycles. The van der Waals surface area contributed by atoms with Gasteiger partial charge in [0.1, 0.15) is 5.82 Å². The zero-order chi connectivity index (χ0) is 27.6. The van der Waals surface area contributed by atoms with Gasteiger partial charge in [-0.2, -0.15) is 0 Å². The second kappa shape index (κ2) is 11.7. The minimum Gasteiger partial charge on any atom is -0.364 e. The molecule has 3 heterocycles. The minimum atomic E-state index is -0.617. The van der Waals surface area contributed by atoms with Gasteiger partial charge >= 0.3 is 0 Å². The molecule has 2 saturated carbocycles. The number of benzene rings is 1. The van der Waals surface area contributed by atoms with E-state index in [0.717, 1.165) is 44.0 Å². The van der Waals surface area contributed by atoms with Crippen LogP contribution >= 0.6 is 0 Å². The van der Waals surface area contributed by atoms with Gasteiger partial charge in [0.2, 0.25) is 5.91 Å². The van der Waals surface area contributed by atoms with Crippen molar-refractivity contribution in [2.45, 2.75) is 95.2 Å². The molecule has 0 radical (unpaired) electrons. The number of carbonyl (C=O) groups excluding carboxylic acids is 2. The number of likely N-dealkylation sites (tertiary alicyclic amines) is 1. The Morgan fingerprint density at radius 2 is 1.65 bits per heavy atom. The molecule has 6 rings (SSSR count). The van der Waals surface area contributed by atoms with E-state index in [0.29, 0.717) is 17.6 Å². The molecule has 2 amide bonds. The second-order valence-electron chi connectivity index (χ2n) is 12.3. The number of amides is 2. The molecule has 2 aliphatic carbocycles. The first-order chi connectivity index (χ1) is 19.5. The van der Waals surface area contributed by atoms with Gasteiger partial charge in [0.05, 0.1) is 6.20 Å². The van der Waals surface area contributed by atoms with Gasteiger partial charge in [0, 0.05) is 36.3 Å². The van der Waals surface area contributed by atoms with E-state index >= 15 is 0 Å². The van der Waals surface area contributed by atoms with Gasteiger partial charge in [-0.15, -0.1) is 0 Å². The first-order valence-electron chi connectivity index (χ1n) is 15.3. The van der Waals surface area contributed by atoms with Crippen molar-refractivity contribution < 1.29 is 9.59 Å². The van der Waals surface area contributed by atoms with Gasteiger partial charge in [-0.25, -0.2) is 9.97 Å². The van der Waals surface area contributed by atoms with E-state index < -0.39 is 5.91 Å². The first kappa shape index (κ1) is 27.0. The average Bonchev–Trinajstić information content (AvgIpc) is 3.68. The fourth-order valence-corrected chi connectivity index (χ4v) is 6.93. The van der Waals surface area contributed by atoms with E-state index in [-0.39, 0.29) is 29.6 Å². The van der Waals surface area contributed by atoms with Crippen molar-refractivity contribution in [1.82, 2.24) is 20.2 Å². The Balaban J connectivity index is 1.13. The van der Waals surface area contributed by atoms with Crippen LogP contribution in [0.25, 0.3) is 0 Å². The predicted octanol–water partition coefficient (Wildman–Crippen LogP) is 4.32. The Morgan fingerprint density at radius 3 is 2.33 bits per heavy atom. The largest absolute Gasteiger partial charge is 0.364 e. The van der Waals surface area contributed by atoms with Gasteiger partial charge in [-0.3, -0.25) is 9.59 Å². The van der Waals surface area contributed by atoms with Crippen molar-refractivity contribution in [2.24, 2.45) is 11.7 Å². The summed E-state index contributed by atoms with van der Waals surface area (Å²) in [6.45, 7) is 5.32. The molecule has 2 aliphatic heterocycles. The highest BCUT2D eigenvalue weighted by Gasteiger charge is 2.35. The van der Waals surface area contributed by atoms with Crippen LogP contribution in [0.5, 0.6) is 0 Å². The number of hydrogen-bond donors (Lipinski definition) is 3. The monoisotopic (exact) mass is 545 g/mol. The van der Waals surface area contributed by atoms with Gasteiger partial charge in [0.15, 0.2) is 11.5 Å². The van der Waals surface area contributed by atoms with E-state index in [2.05, 4.69) is 56.6 Å². The summed E-state index contributed by atoms with van der Waals surface area (Å²) in [4.78, 5) is 38.7. The lowest BCUT2D eigenvalue weighted by molar-refractivity contribution is -0.123. The van der Waals surface area contributed by atoms with Crippen LogP contribution in [0, 0.1) is 5.92 Å². The second-order valence-corrected chi connectivity index (χ2v) is 12.3. The summed E-state index contributed by atoms with van der Waals surface area (Å²) >= 11 is 0. The van der Waals surface area contributed by atoms with Crippen LogP contribution in [0.4, 0.5) is 17.3 Å². The molecule has 4 aliphatic rings. The van der Waals surface area contributed by atoms with Crippen LogP contribution in [-0.4, -0.2) is 64.4 Å². The number of rotatable bonds is 8. The number of piperidine rings is 2. The minimum absolute atomic E-state index is 0.0634. The van der Waals surface area contributed by atoms with Crippen molar-refractivity contribution in [1.29, 1.82) is 0 Å². The molecule has 214 valence electrons. The summed E-state index contributed by atoms with van der Waals surface area (Å²) < 4.78 is 0. The third-order valence-corrected chi connectivity index (χ3v) is 9.57. The molecule has 2 saturated heterocycles. The first-order valence-corrected chi connectivity index (χ1v) is 15.3. The van der Waals surface area contributed by atoms with Gasteiger partial charge in [-0.05, 0) is 95.0 Å². The maximum absolute atomic E-state index is 12.4. The number of nitrogens with one attached hydrogen (secondary N) is 2. The predicted molar refractivity (Wildman–Crippen MR) is 157 cm³/mol. The normalized spacial score (nSPS) is 24.7. The molecule has 40 heavy (non-hydrogen) atoms. The molecule has 2 atom stereocenters. The summed E-state index contributed by atoms with van der Waals surface area (Å²) in [5, 5.41) is 6.55. The third kappa shape index (κ3) is 5.94. The Labute approximate surface area is 237 Å². The van der Waals surface area contributed by atoms with Crippen LogP contribution < -0.4 is 21.3 Å². The summed E-state index contributed by atoms with van der Waals surface area (Å²) in [5.74, 6) is 1.36. The SMILES string of the molecule is CC1[C@H](NC(=O)C2CC2)CCCN1c1cnc(C(N)=O)c(Nc2ccc(C3CCN(C4CCCC4)CC3)cc2)n1. The molecular formula is C31H43N7O2. The van der Waals surface area contributed by atoms with Crippen molar-refractivity contribution in [3.8, 4) is 0 Å². The van der Waals surface area contributed by atoms with E-state index in [9.17, 15) is 9.59 Å². The lowest BCUT2D eigenvalue weighted by Crippen LogP contribution is -2.54. The maximum Gasteiger partial charge on any atom is 0.271 e. The summed E-state index contributed by atoms with van der Waals surface area (Å²) in [7, 11) is 0. The molecule has 9 heteroatoms. The molecular weight excluding hydrogens is 502 g/mol. The quantitative estimate of drug-likeness (QED) is 0.452. The Bertz CT molecular complexity index is 1200. The number of anilines is 3. The van der Waals surface area contributed by atoms with Crippen LogP contribution in [0.2, 0.25) is 0 Å². The van der Waals surface area contributed by atoms with Gasteiger partial charge in [0.25, 0.3) is 5.91 Å². The lowest BCUT2D eigenvalue weighted by Gasteiger charge is -2.40. The summed E-state index contributed by atoms with van der Waals surface area (Å²) in [5.41, 5.74) is 8.01. The van der Waals surface area contributed by atoms with E-state index in [4.69, 9.17) is 10.7 Å². The van der Waals surface area contributed by atoms with Crippen LogP contribution in [0.3, 0.4) is 0 Å². The maximum atomic E-state index is 12.4. The average molecular weight is 546 g/mol. The van der Waals surface area contributed by atoms with Crippen molar-refractivity contribution >= 4 is 29.1 Å². The molecule has 2 aromatic rings. The molecule has 4 fully saturated rings. The van der Waals surface area contributed by atoms with Crippen LogP contribution in [0.1, 0.15) is 93.1 Å². The number of nitrogens with two attached hydrogens (primary N) is 1. The van der Waals surface area contributed by atoms with Gasteiger partial charge in [-0.1, -0.05) is 25.0 Å². The fraction of sp³-hybridized carbons (Fsp3) is 0.613. The molecule has 0 spiro atoms. The number of carbonyl (C=O) groups is 2. The Hall–Kier alpha value is -3.20. The Morgan fingerprint density at radius 1 is 0.925 bits per heavy atom. The third-order valence-electron chi connectivity index (χ3n) is 9.57. The van der Waals surface area contributed by atoms with E-state index in [1.165, 1.54) is 57.2 Å². The highest BCUT2D eigenvalue weighted by Crippen LogP contribution is 2.34. The summed E-state index contributed by atoms with van der Waals surface area (Å²) in [6, 6.07) is 9.45.